The third-order valence-corrected chi connectivity index (χ3v) is 4.74. The number of ether oxygens (including phenoxy) is 1. The summed E-state index contributed by atoms with van der Waals surface area (Å²) in [7, 11) is 1.59. The van der Waals surface area contributed by atoms with Crippen LogP contribution in [0.1, 0.15) is 22.0 Å². The lowest BCUT2D eigenvalue weighted by Crippen LogP contribution is -2.21. The quantitative estimate of drug-likeness (QED) is 0.525. The summed E-state index contributed by atoms with van der Waals surface area (Å²) < 4.78 is 5.16. The zero-order valence-electron chi connectivity index (χ0n) is 14.1. The summed E-state index contributed by atoms with van der Waals surface area (Å²) in [5, 5.41) is 4.16. The molecule has 1 N–H and O–H groups in total. The predicted molar refractivity (Wildman–Crippen MR) is 107 cm³/mol. The minimum absolute atomic E-state index is 0.0510. The van der Waals surface area contributed by atoms with Crippen molar-refractivity contribution in [1.29, 1.82) is 0 Å². The van der Waals surface area contributed by atoms with Crippen LogP contribution in [-0.2, 0) is 0 Å². The van der Waals surface area contributed by atoms with Gasteiger partial charge in [-0.15, -0.1) is 0 Å². The number of carbonyl (C=O) groups is 1. The minimum atomic E-state index is -0.554. The third kappa shape index (κ3) is 4.18. The summed E-state index contributed by atoms with van der Waals surface area (Å²) >= 11 is 12.1. The fourth-order valence-corrected chi connectivity index (χ4v) is 2.92. The van der Waals surface area contributed by atoms with E-state index < -0.39 is 6.04 Å². The lowest BCUT2D eigenvalue weighted by Gasteiger charge is -2.20. The molecular weight excluding hydrogens is 369 g/mol. The highest BCUT2D eigenvalue weighted by atomic mass is 35.5. The number of hydrogen-bond acceptors (Lipinski definition) is 3. The smallest absolute Gasteiger partial charge is 0.189 e. The monoisotopic (exact) mass is 385 g/mol. The molecule has 3 rings (SSSR count). The van der Waals surface area contributed by atoms with Crippen molar-refractivity contribution in [2.75, 3.05) is 12.4 Å². The molecule has 5 heteroatoms. The number of halogens is 2. The average Bonchev–Trinajstić information content (AvgIpc) is 2.69. The van der Waals surface area contributed by atoms with Gasteiger partial charge in [-0.2, -0.15) is 0 Å². The normalized spacial score (nSPS) is 11.7. The molecular formula is C21H17Cl2NO2. The van der Waals surface area contributed by atoms with Crippen LogP contribution in [0, 0.1) is 0 Å². The van der Waals surface area contributed by atoms with E-state index in [9.17, 15) is 4.79 Å². The molecule has 0 spiro atoms. The van der Waals surface area contributed by atoms with E-state index in [4.69, 9.17) is 27.9 Å². The molecule has 0 aliphatic carbocycles. The Morgan fingerprint density at radius 3 is 2.23 bits per heavy atom. The molecule has 0 saturated heterocycles. The number of Topliss-reactive ketones (excluding diaryl/α,β-unsaturated/α-hetero) is 1. The van der Waals surface area contributed by atoms with Crippen molar-refractivity contribution in [1.82, 2.24) is 0 Å². The number of ketones is 1. The first kappa shape index (κ1) is 18.3. The molecule has 0 aromatic heterocycles. The maximum atomic E-state index is 13.1. The van der Waals surface area contributed by atoms with Gasteiger partial charge in [-0.05, 0) is 48.0 Å². The van der Waals surface area contributed by atoms with Crippen LogP contribution in [0.4, 0.5) is 5.69 Å². The second-order valence-electron chi connectivity index (χ2n) is 5.71. The van der Waals surface area contributed by atoms with Crippen LogP contribution in [0.5, 0.6) is 5.75 Å². The topological polar surface area (TPSA) is 38.3 Å². The van der Waals surface area contributed by atoms with E-state index >= 15 is 0 Å². The molecule has 3 aromatic carbocycles. The van der Waals surface area contributed by atoms with Gasteiger partial charge in [0.25, 0.3) is 0 Å². The molecule has 0 fully saturated rings. The highest BCUT2D eigenvalue weighted by Crippen LogP contribution is 2.29. The zero-order valence-corrected chi connectivity index (χ0v) is 15.6. The second kappa shape index (κ2) is 8.26. The van der Waals surface area contributed by atoms with Crippen molar-refractivity contribution in [2.45, 2.75) is 6.04 Å². The van der Waals surface area contributed by atoms with Crippen LogP contribution in [0.2, 0.25) is 10.0 Å². The van der Waals surface area contributed by atoms with E-state index in [1.54, 1.807) is 49.6 Å². The molecule has 0 unspecified atom stereocenters. The Kier molecular flexibility index (Phi) is 5.82. The molecule has 3 aromatic rings. The second-order valence-corrected chi connectivity index (χ2v) is 6.52. The summed E-state index contributed by atoms with van der Waals surface area (Å²) in [6, 6.07) is 21.3. The molecule has 0 saturated carbocycles. The lowest BCUT2D eigenvalue weighted by atomic mass is 9.97. The molecule has 0 radical (unpaired) electrons. The average molecular weight is 386 g/mol. The van der Waals surface area contributed by atoms with E-state index in [0.717, 1.165) is 11.3 Å². The van der Waals surface area contributed by atoms with E-state index in [1.807, 2.05) is 30.3 Å². The van der Waals surface area contributed by atoms with Gasteiger partial charge < -0.3 is 10.1 Å². The van der Waals surface area contributed by atoms with E-state index in [2.05, 4.69) is 5.32 Å². The SMILES string of the molecule is COc1ccc(C(=O)[C@@H](Nc2ccc(Cl)c(Cl)c2)c2ccccc2)cc1. The first-order chi connectivity index (χ1) is 12.6. The summed E-state index contributed by atoms with van der Waals surface area (Å²) in [5.41, 5.74) is 2.17. The molecule has 0 bridgehead atoms. The van der Waals surface area contributed by atoms with Crippen LogP contribution in [-0.4, -0.2) is 12.9 Å². The van der Waals surface area contributed by atoms with Gasteiger partial charge in [0, 0.05) is 11.3 Å². The molecule has 0 aliphatic rings. The maximum Gasteiger partial charge on any atom is 0.189 e. The van der Waals surface area contributed by atoms with E-state index in [0.29, 0.717) is 21.4 Å². The first-order valence-corrected chi connectivity index (χ1v) is 8.79. The van der Waals surface area contributed by atoms with Gasteiger partial charge in [-0.3, -0.25) is 4.79 Å². The van der Waals surface area contributed by atoms with Crippen LogP contribution in [0.3, 0.4) is 0 Å². The van der Waals surface area contributed by atoms with Crippen LogP contribution in [0.15, 0.2) is 72.8 Å². The van der Waals surface area contributed by atoms with Crippen LogP contribution < -0.4 is 10.1 Å². The van der Waals surface area contributed by atoms with Crippen LogP contribution in [0.25, 0.3) is 0 Å². The first-order valence-electron chi connectivity index (χ1n) is 8.03. The Hall–Kier alpha value is -2.49. The van der Waals surface area contributed by atoms with Crippen molar-refractivity contribution < 1.29 is 9.53 Å². The van der Waals surface area contributed by atoms with Gasteiger partial charge in [0.15, 0.2) is 5.78 Å². The number of hydrogen-bond donors (Lipinski definition) is 1. The number of carbonyl (C=O) groups excluding carboxylic acids is 1. The molecule has 0 heterocycles. The minimum Gasteiger partial charge on any atom is -0.497 e. The zero-order chi connectivity index (χ0) is 18.5. The molecule has 26 heavy (non-hydrogen) atoms. The number of anilines is 1. The van der Waals surface area contributed by atoms with Gasteiger partial charge >= 0.3 is 0 Å². The lowest BCUT2D eigenvalue weighted by molar-refractivity contribution is 0.0969. The van der Waals surface area contributed by atoms with Gasteiger partial charge in [0.1, 0.15) is 11.8 Å². The van der Waals surface area contributed by atoms with Crippen molar-refractivity contribution >= 4 is 34.7 Å². The molecule has 0 aliphatic heterocycles. The Bertz CT molecular complexity index is 896. The standard InChI is InChI=1S/C21H17Cl2NO2/c1-26-17-10-7-15(8-11-17)21(25)20(14-5-3-2-4-6-14)24-16-9-12-18(22)19(23)13-16/h2-13,20,24H,1H3/t20-/m0/s1. The Labute approximate surface area is 162 Å². The largest absolute Gasteiger partial charge is 0.497 e. The van der Waals surface area contributed by atoms with E-state index in [-0.39, 0.29) is 5.78 Å². The Morgan fingerprint density at radius 2 is 1.62 bits per heavy atom. The summed E-state index contributed by atoms with van der Waals surface area (Å²) in [6.07, 6.45) is 0. The fourth-order valence-electron chi connectivity index (χ4n) is 2.62. The van der Waals surface area contributed by atoms with Crippen molar-refractivity contribution in [3.05, 3.63) is 94.0 Å². The number of rotatable bonds is 6. The van der Waals surface area contributed by atoms with Gasteiger partial charge in [0.2, 0.25) is 0 Å². The predicted octanol–water partition coefficient (Wildman–Crippen LogP) is 6.04. The Morgan fingerprint density at radius 1 is 0.923 bits per heavy atom. The van der Waals surface area contributed by atoms with E-state index in [1.165, 1.54) is 0 Å². The Balaban J connectivity index is 1.94. The fraction of sp³-hybridized carbons (Fsp3) is 0.0952. The third-order valence-electron chi connectivity index (χ3n) is 4.00. The molecule has 132 valence electrons. The van der Waals surface area contributed by atoms with Gasteiger partial charge in [0.05, 0.1) is 17.2 Å². The number of benzene rings is 3. The summed E-state index contributed by atoms with van der Waals surface area (Å²) in [4.78, 5) is 13.1. The van der Waals surface area contributed by atoms with Crippen molar-refractivity contribution in [3.63, 3.8) is 0 Å². The summed E-state index contributed by atoms with van der Waals surface area (Å²) in [5.74, 6) is 0.653. The van der Waals surface area contributed by atoms with Crippen LogP contribution >= 0.6 is 23.2 Å². The van der Waals surface area contributed by atoms with Crippen molar-refractivity contribution in [3.8, 4) is 5.75 Å². The number of methoxy groups -OCH3 is 1. The van der Waals surface area contributed by atoms with Crippen molar-refractivity contribution in [2.24, 2.45) is 0 Å². The highest BCUT2D eigenvalue weighted by molar-refractivity contribution is 6.42. The maximum absolute atomic E-state index is 13.1. The van der Waals surface area contributed by atoms with Gasteiger partial charge in [-0.25, -0.2) is 0 Å². The summed E-state index contributed by atoms with van der Waals surface area (Å²) in [6.45, 7) is 0. The van der Waals surface area contributed by atoms with Gasteiger partial charge in [-0.1, -0.05) is 53.5 Å². The molecule has 3 nitrogen and oxygen atoms in total. The molecule has 1 atom stereocenters. The highest BCUT2D eigenvalue weighted by Gasteiger charge is 2.22. The molecule has 0 amide bonds. The number of nitrogens with one attached hydrogen (secondary N) is 1.